The molecule has 0 fully saturated rings. The molecular formula is C33H35N3O2. The van der Waals surface area contributed by atoms with Crippen LogP contribution in [0.2, 0.25) is 0 Å². The van der Waals surface area contributed by atoms with Gasteiger partial charge in [-0.05, 0) is 77.8 Å². The molecule has 5 nitrogen and oxygen atoms in total. The molecule has 2 unspecified atom stereocenters. The Morgan fingerprint density at radius 2 is 1.79 bits per heavy atom. The Kier molecular flexibility index (Phi) is 7.19. The van der Waals surface area contributed by atoms with E-state index in [0.29, 0.717) is 5.92 Å². The molecule has 4 aromatic rings. The molecule has 0 saturated heterocycles. The molecule has 2 heterocycles. The van der Waals surface area contributed by atoms with Crippen LogP contribution in [-0.2, 0) is 17.8 Å². The van der Waals surface area contributed by atoms with Gasteiger partial charge < -0.3 is 10.0 Å². The lowest BCUT2D eigenvalue weighted by Gasteiger charge is -2.44. The number of benzene rings is 3. The minimum Gasteiger partial charge on any atom is -0.478 e. The predicted octanol–water partition coefficient (Wildman–Crippen LogP) is 7.33. The van der Waals surface area contributed by atoms with Crippen molar-refractivity contribution in [3.05, 3.63) is 113 Å². The van der Waals surface area contributed by atoms with E-state index >= 15 is 0 Å². The van der Waals surface area contributed by atoms with E-state index in [1.54, 1.807) is 6.08 Å². The smallest absolute Gasteiger partial charge is 0.328 e. The topological polar surface area (TPSA) is 58.4 Å². The Morgan fingerprint density at radius 3 is 2.42 bits per heavy atom. The van der Waals surface area contributed by atoms with E-state index in [4.69, 9.17) is 5.11 Å². The fraction of sp³-hybridized carbons (Fsp3) is 0.273. The van der Waals surface area contributed by atoms with E-state index in [0.717, 1.165) is 24.1 Å². The zero-order valence-electron chi connectivity index (χ0n) is 22.5. The maximum absolute atomic E-state index is 11.0. The molecule has 5 rings (SSSR count). The van der Waals surface area contributed by atoms with E-state index in [1.165, 1.54) is 39.6 Å². The molecule has 0 radical (unpaired) electrons. The van der Waals surface area contributed by atoms with Gasteiger partial charge in [0, 0.05) is 36.1 Å². The predicted molar refractivity (Wildman–Crippen MR) is 154 cm³/mol. The van der Waals surface area contributed by atoms with Gasteiger partial charge >= 0.3 is 5.97 Å². The number of rotatable bonds is 7. The number of carboxylic acid groups (broad SMARTS) is 1. The summed E-state index contributed by atoms with van der Waals surface area (Å²) in [4.78, 5) is 13.5. The monoisotopic (exact) mass is 505 g/mol. The molecule has 0 bridgehead atoms. The number of carbonyl (C=O) groups is 1. The third-order valence-electron chi connectivity index (χ3n) is 7.52. The lowest BCUT2D eigenvalue weighted by Crippen LogP contribution is -2.42. The first-order valence-corrected chi connectivity index (χ1v) is 13.4. The number of hydrogen-bond acceptors (Lipinski definition) is 3. The van der Waals surface area contributed by atoms with Crippen LogP contribution in [0.25, 0.3) is 17.2 Å². The van der Waals surface area contributed by atoms with E-state index in [-0.39, 0.29) is 12.1 Å². The highest BCUT2D eigenvalue weighted by Gasteiger charge is 2.33. The second kappa shape index (κ2) is 10.7. The van der Waals surface area contributed by atoms with Crippen LogP contribution in [0.4, 0.5) is 5.69 Å². The van der Waals surface area contributed by atoms with Gasteiger partial charge in [0.25, 0.3) is 0 Å². The van der Waals surface area contributed by atoms with Gasteiger partial charge in [-0.15, -0.1) is 0 Å². The molecule has 1 aliphatic rings. The van der Waals surface area contributed by atoms with E-state index in [1.807, 2.05) is 23.0 Å². The van der Waals surface area contributed by atoms with Crippen molar-refractivity contribution >= 4 is 17.7 Å². The fourth-order valence-corrected chi connectivity index (χ4v) is 5.47. The highest BCUT2D eigenvalue weighted by Crippen LogP contribution is 2.42. The van der Waals surface area contributed by atoms with Crippen molar-refractivity contribution in [1.82, 2.24) is 9.78 Å². The van der Waals surface area contributed by atoms with Gasteiger partial charge in [0.1, 0.15) is 0 Å². The molecule has 1 aliphatic heterocycles. The van der Waals surface area contributed by atoms with Crippen LogP contribution >= 0.6 is 0 Å². The van der Waals surface area contributed by atoms with Crippen molar-refractivity contribution in [1.29, 1.82) is 0 Å². The maximum atomic E-state index is 11.0. The lowest BCUT2D eigenvalue weighted by molar-refractivity contribution is -0.131. The summed E-state index contributed by atoms with van der Waals surface area (Å²) in [7, 11) is 0. The fourth-order valence-electron chi connectivity index (χ4n) is 5.47. The molecule has 5 heteroatoms. The summed E-state index contributed by atoms with van der Waals surface area (Å²) in [6, 6.07) is 24.4. The zero-order chi connectivity index (χ0) is 26.8. The molecule has 1 aromatic heterocycles. The number of aryl methyl sites for hydroxylation is 1. The number of nitrogens with zero attached hydrogens (tertiary/aromatic N) is 3. The molecule has 0 aliphatic carbocycles. The van der Waals surface area contributed by atoms with Crippen LogP contribution in [0.15, 0.2) is 85.2 Å². The van der Waals surface area contributed by atoms with Crippen molar-refractivity contribution in [2.75, 3.05) is 4.90 Å². The second-order valence-corrected chi connectivity index (χ2v) is 10.4. The standard InChI is InChI=1S/C33H35N3O2/c1-5-35-21-29(20-34-35)27-13-16-31-28(19-27)18-23(4)36(30-14-11-25(12-15-30)22(2)3)33(31)26-9-6-24(7-10-26)8-17-32(37)38/h6-17,19-23,33H,5,18H2,1-4H3,(H,37,38)/b17-8+. The largest absolute Gasteiger partial charge is 0.478 e. The average Bonchev–Trinajstić information content (AvgIpc) is 3.41. The van der Waals surface area contributed by atoms with Crippen LogP contribution in [0.1, 0.15) is 67.5 Å². The molecule has 194 valence electrons. The van der Waals surface area contributed by atoms with Crippen molar-refractivity contribution < 1.29 is 9.90 Å². The van der Waals surface area contributed by atoms with Crippen LogP contribution in [-0.4, -0.2) is 26.9 Å². The number of fused-ring (bicyclic) bond motifs is 1. The van der Waals surface area contributed by atoms with Gasteiger partial charge in [-0.2, -0.15) is 5.10 Å². The second-order valence-electron chi connectivity index (χ2n) is 10.4. The minimum atomic E-state index is -0.944. The third kappa shape index (κ3) is 5.14. The molecule has 2 atom stereocenters. The number of anilines is 1. The van der Waals surface area contributed by atoms with Crippen molar-refractivity contribution in [2.24, 2.45) is 0 Å². The van der Waals surface area contributed by atoms with Crippen LogP contribution < -0.4 is 4.90 Å². The quantitative estimate of drug-likeness (QED) is 0.267. The van der Waals surface area contributed by atoms with Gasteiger partial charge in [-0.25, -0.2) is 4.79 Å². The average molecular weight is 506 g/mol. The molecule has 0 spiro atoms. The zero-order valence-corrected chi connectivity index (χ0v) is 22.5. The van der Waals surface area contributed by atoms with Gasteiger partial charge in [-0.1, -0.05) is 68.4 Å². The van der Waals surface area contributed by atoms with Crippen molar-refractivity contribution in [3.63, 3.8) is 0 Å². The molecule has 38 heavy (non-hydrogen) atoms. The molecule has 0 amide bonds. The SMILES string of the molecule is CCn1cc(-c2ccc3c(c2)CC(C)N(c2ccc(C(C)C)cc2)C3c2ccc(/C=C/C(=O)O)cc2)cn1. The summed E-state index contributed by atoms with van der Waals surface area (Å²) in [6.45, 7) is 9.70. The highest BCUT2D eigenvalue weighted by molar-refractivity contribution is 5.85. The summed E-state index contributed by atoms with van der Waals surface area (Å²) in [5.41, 5.74) is 9.59. The summed E-state index contributed by atoms with van der Waals surface area (Å²) in [5.74, 6) is -0.457. The van der Waals surface area contributed by atoms with Crippen molar-refractivity contribution in [3.8, 4) is 11.1 Å². The molecule has 3 aromatic carbocycles. The number of carboxylic acids is 1. The van der Waals surface area contributed by atoms with E-state index in [2.05, 4.69) is 98.5 Å². The molecule has 1 N–H and O–H groups in total. The first kappa shape index (κ1) is 25.5. The minimum absolute atomic E-state index is 0.0450. The Morgan fingerprint density at radius 1 is 1.05 bits per heavy atom. The highest BCUT2D eigenvalue weighted by atomic mass is 16.4. The van der Waals surface area contributed by atoms with Crippen LogP contribution in [0.3, 0.4) is 0 Å². The first-order valence-electron chi connectivity index (χ1n) is 13.4. The van der Waals surface area contributed by atoms with Gasteiger partial charge in [0.2, 0.25) is 0 Å². The number of aromatic nitrogens is 2. The normalized spacial score (nSPS) is 17.2. The van der Waals surface area contributed by atoms with Crippen LogP contribution in [0, 0.1) is 0 Å². The summed E-state index contributed by atoms with van der Waals surface area (Å²) in [5, 5.41) is 13.5. The Balaban J connectivity index is 1.59. The Hall–Kier alpha value is -4.12. The van der Waals surface area contributed by atoms with E-state index < -0.39 is 5.97 Å². The Bertz CT molecular complexity index is 1450. The summed E-state index contributed by atoms with van der Waals surface area (Å²) >= 11 is 0. The molecule has 0 saturated carbocycles. The Labute approximate surface area is 225 Å². The third-order valence-corrected chi connectivity index (χ3v) is 7.52. The first-order chi connectivity index (χ1) is 18.3. The maximum Gasteiger partial charge on any atom is 0.328 e. The van der Waals surface area contributed by atoms with Gasteiger partial charge in [0.15, 0.2) is 0 Å². The van der Waals surface area contributed by atoms with Crippen molar-refractivity contribution in [2.45, 2.75) is 58.7 Å². The lowest BCUT2D eigenvalue weighted by atomic mass is 9.83. The number of hydrogen-bond donors (Lipinski definition) is 1. The van der Waals surface area contributed by atoms with Crippen LogP contribution in [0.5, 0.6) is 0 Å². The van der Waals surface area contributed by atoms with Gasteiger partial charge in [-0.3, -0.25) is 4.68 Å². The van der Waals surface area contributed by atoms with Gasteiger partial charge in [0.05, 0.1) is 12.2 Å². The molecular weight excluding hydrogens is 470 g/mol. The number of aliphatic carboxylic acids is 1. The summed E-state index contributed by atoms with van der Waals surface area (Å²) < 4.78 is 1.96. The van der Waals surface area contributed by atoms with E-state index in [9.17, 15) is 4.79 Å². The summed E-state index contributed by atoms with van der Waals surface area (Å²) in [6.07, 6.45) is 7.82.